The van der Waals surface area contributed by atoms with E-state index >= 15 is 0 Å². The summed E-state index contributed by atoms with van der Waals surface area (Å²) >= 11 is 20.4. The first-order chi connectivity index (χ1) is 6.47. The minimum atomic E-state index is -1.51. The molecule has 0 unspecified atom stereocenters. The predicted octanol–water partition coefficient (Wildman–Crippen LogP) is 3.40. The lowest BCUT2D eigenvalue weighted by atomic mass is 10.3. The number of aromatic amines is 1. The van der Waals surface area contributed by atoms with Crippen molar-refractivity contribution in [2.24, 2.45) is 0 Å². The van der Waals surface area contributed by atoms with Crippen LogP contribution in [0.25, 0.3) is 6.08 Å². The number of hydrogen-bond donors (Lipinski definition) is 2. The molecule has 0 atom stereocenters. The highest BCUT2D eigenvalue weighted by atomic mass is 79.9. The van der Waals surface area contributed by atoms with E-state index in [1.807, 2.05) is 6.08 Å². The Labute approximate surface area is 104 Å². The van der Waals surface area contributed by atoms with Crippen LogP contribution in [0.3, 0.4) is 0 Å². The van der Waals surface area contributed by atoms with Crippen molar-refractivity contribution in [1.29, 1.82) is 0 Å². The zero-order valence-electron chi connectivity index (χ0n) is 6.74. The molecule has 0 bridgehead atoms. The van der Waals surface area contributed by atoms with Gasteiger partial charge < -0.3 is 10.3 Å². The van der Waals surface area contributed by atoms with Crippen molar-refractivity contribution >= 4 is 62.6 Å². The highest BCUT2D eigenvalue weighted by molar-refractivity contribution is 9.11. The second-order valence-corrected chi connectivity index (χ2v) is 6.09. The van der Waals surface area contributed by atoms with Crippen LogP contribution in [0.5, 0.6) is 0 Å². The Hall–Kier alpha value is 0.1000. The van der Waals surface area contributed by atoms with Crippen LogP contribution in [0.4, 0.5) is 5.82 Å². The van der Waals surface area contributed by atoms with Gasteiger partial charge in [0.05, 0.1) is 5.69 Å². The maximum atomic E-state index is 5.69. The van der Waals surface area contributed by atoms with Gasteiger partial charge in [-0.05, 0) is 6.08 Å². The molecule has 1 aliphatic heterocycles. The summed E-state index contributed by atoms with van der Waals surface area (Å²) in [6, 6.07) is 0. The lowest BCUT2D eigenvalue weighted by molar-refractivity contribution is 1.03. The third kappa shape index (κ3) is 2.03. The summed E-state index contributed by atoms with van der Waals surface area (Å²) < 4.78 is -0.496. The van der Waals surface area contributed by atoms with E-state index in [2.05, 4.69) is 31.2 Å². The Kier molecular flexibility index (Phi) is 2.72. The zero-order chi connectivity index (χ0) is 10.3. The molecule has 76 valence electrons. The number of imidazole rings is 1. The van der Waals surface area contributed by atoms with Crippen LogP contribution in [-0.2, 0) is 3.79 Å². The summed E-state index contributed by atoms with van der Waals surface area (Å²) in [5, 5.41) is 3.07. The van der Waals surface area contributed by atoms with Crippen molar-refractivity contribution < 1.29 is 0 Å². The van der Waals surface area contributed by atoms with Crippen LogP contribution in [0, 0.1) is 0 Å². The third-order valence-corrected chi connectivity index (χ3v) is 2.77. The predicted molar refractivity (Wildman–Crippen MR) is 63.2 cm³/mol. The maximum absolute atomic E-state index is 5.69. The molecule has 3 nitrogen and oxygen atoms in total. The Morgan fingerprint density at radius 3 is 2.79 bits per heavy atom. The average Bonchev–Trinajstić information content (AvgIpc) is 2.45. The lowest BCUT2D eigenvalue weighted by Crippen LogP contribution is -2.07. The number of fused-ring (bicyclic) bond motifs is 1. The number of H-pyrrole nitrogens is 1. The van der Waals surface area contributed by atoms with Crippen LogP contribution in [-0.4, -0.2) is 16.5 Å². The Morgan fingerprint density at radius 2 is 2.14 bits per heavy atom. The van der Waals surface area contributed by atoms with Gasteiger partial charge >= 0.3 is 0 Å². The molecule has 0 saturated carbocycles. The highest BCUT2D eigenvalue weighted by Gasteiger charge is 2.28. The standard InChI is InChI=1S/C7H5BrCl3N3/c8-3-1-4-5(12-2-3)14-6(13-4)7(9,10)11/h1,12H,2H2,(H,13,14). The molecule has 14 heavy (non-hydrogen) atoms. The number of aromatic nitrogens is 2. The summed E-state index contributed by atoms with van der Waals surface area (Å²) in [6.45, 7) is 0.692. The van der Waals surface area contributed by atoms with Gasteiger partial charge in [0.2, 0.25) is 3.79 Å². The quantitative estimate of drug-likeness (QED) is 0.720. The zero-order valence-corrected chi connectivity index (χ0v) is 10.6. The van der Waals surface area contributed by atoms with E-state index in [9.17, 15) is 0 Å². The fourth-order valence-corrected chi connectivity index (χ4v) is 1.77. The molecule has 0 radical (unpaired) electrons. The molecule has 1 aliphatic rings. The van der Waals surface area contributed by atoms with Gasteiger partial charge in [-0.3, -0.25) is 0 Å². The second kappa shape index (κ2) is 3.59. The Bertz CT molecular complexity index is 393. The molecule has 0 aliphatic carbocycles. The molecule has 0 saturated heterocycles. The molecule has 2 rings (SSSR count). The molecule has 0 fully saturated rings. The van der Waals surface area contributed by atoms with Crippen molar-refractivity contribution in [3.63, 3.8) is 0 Å². The SMILES string of the molecule is ClC(Cl)(Cl)c1nc2c([nH]1)C=C(Br)CN2. The van der Waals surface area contributed by atoms with Crippen molar-refractivity contribution in [2.45, 2.75) is 3.79 Å². The summed E-state index contributed by atoms with van der Waals surface area (Å²) in [4.78, 5) is 7.06. The fraction of sp³-hybridized carbons (Fsp3) is 0.286. The van der Waals surface area contributed by atoms with Gasteiger partial charge in [-0.1, -0.05) is 50.7 Å². The van der Waals surface area contributed by atoms with Crippen LogP contribution >= 0.6 is 50.7 Å². The number of alkyl halides is 3. The topological polar surface area (TPSA) is 40.7 Å². The van der Waals surface area contributed by atoms with Gasteiger partial charge in [-0.25, -0.2) is 4.98 Å². The summed E-state index contributed by atoms with van der Waals surface area (Å²) in [5.74, 6) is 1.02. The number of nitrogens with zero attached hydrogens (tertiary/aromatic N) is 1. The highest BCUT2D eigenvalue weighted by Crippen LogP contribution is 2.38. The van der Waals surface area contributed by atoms with Gasteiger partial charge in [-0.2, -0.15) is 0 Å². The first-order valence-electron chi connectivity index (χ1n) is 3.74. The van der Waals surface area contributed by atoms with E-state index in [0.717, 1.165) is 10.2 Å². The Morgan fingerprint density at radius 1 is 1.43 bits per heavy atom. The van der Waals surface area contributed by atoms with Gasteiger partial charge in [0.1, 0.15) is 0 Å². The minimum absolute atomic E-state index is 0.318. The van der Waals surface area contributed by atoms with Crippen LogP contribution in [0.2, 0.25) is 0 Å². The van der Waals surface area contributed by atoms with E-state index < -0.39 is 3.79 Å². The van der Waals surface area contributed by atoms with Gasteiger partial charge in [0.15, 0.2) is 11.6 Å². The molecular weight excluding hydrogens is 312 g/mol. The van der Waals surface area contributed by atoms with Crippen molar-refractivity contribution in [2.75, 3.05) is 11.9 Å². The van der Waals surface area contributed by atoms with Crippen molar-refractivity contribution in [3.8, 4) is 0 Å². The molecule has 1 aromatic heterocycles. The summed E-state index contributed by atoms with van der Waals surface area (Å²) in [7, 11) is 0. The van der Waals surface area contributed by atoms with Crippen molar-refractivity contribution in [3.05, 3.63) is 16.0 Å². The fourth-order valence-electron chi connectivity index (χ4n) is 1.14. The molecule has 2 N–H and O–H groups in total. The maximum Gasteiger partial charge on any atom is 0.248 e. The van der Waals surface area contributed by atoms with Crippen LogP contribution in [0.15, 0.2) is 4.48 Å². The van der Waals surface area contributed by atoms with Gasteiger partial charge in [0, 0.05) is 11.0 Å². The summed E-state index contributed by atoms with van der Waals surface area (Å²) in [5.41, 5.74) is 0.810. The Balaban J connectivity index is 2.43. The molecule has 0 spiro atoms. The number of nitrogens with one attached hydrogen (secondary N) is 2. The van der Waals surface area contributed by atoms with E-state index in [0.29, 0.717) is 18.2 Å². The van der Waals surface area contributed by atoms with Crippen LogP contribution in [0.1, 0.15) is 11.5 Å². The average molecular weight is 317 g/mol. The van der Waals surface area contributed by atoms with Gasteiger partial charge in [0.25, 0.3) is 0 Å². The number of rotatable bonds is 0. The molecule has 1 aromatic rings. The minimum Gasteiger partial charge on any atom is -0.364 e. The first-order valence-corrected chi connectivity index (χ1v) is 5.66. The molecular formula is C7H5BrCl3N3. The first kappa shape index (κ1) is 10.6. The third-order valence-electron chi connectivity index (χ3n) is 1.73. The van der Waals surface area contributed by atoms with E-state index in [1.165, 1.54) is 0 Å². The molecule has 7 heteroatoms. The number of anilines is 1. The number of hydrogen-bond acceptors (Lipinski definition) is 2. The normalized spacial score (nSPS) is 15.9. The van der Waals surface area contributed by atoms with Crippen LogP contribution < -0.4 is 5.32 Å². The monoisotopic (exact) mass is 315 g/mol. The summed E-state index contributed by atoms with van der Waals surface area (Å²) in [6.07, 6.45) is 1.90. The molecule has 2 heterocycles. The van der Waals surface area contributed by atoms with E-state index in [-0.39, 0.29) is 0 Å². The van der Waals surface area contributed by atoms with Gasteiger partial charge in [-0.15, -0.1) is 0 Å². The van der Waals surface area contributed by atoms with E-state index in [1.54, 1.807) is 0 Å². The lowest BCUT2D eigenvalue weighted by Gasteiger charge is -2.08. The number of halogens is 4. The largest absolute Gasteiger partial charge is 0.364 e. The molecule has 0 aromatic carbocycles. The molecule has 0 amide bonds. The van der Waals surface area contributed by atoms with Crippen molar-refractivity contribution in [1.82, 2.24) is 9.97 Å². The van der Waals surface area contributed by atoms with E-state index in [4.69, 9.17) is 34.8 Å². The smallest absolute Gasteiger partial charge is 0.248 e. The second-order valence-electron chi connectivity index (χ2n) is 2.79.